The number of benzene rings is 2. The molecule has 1 unspecified atom stereocenters. The Bertz CT molecular complexity index is 1020. The zero-order valence-electron chi connectivity index (χ0n) is 18.2. The van der Waals surface area contributed by atoms with Crippen molar-refractivity contribution in [2.45, 2.75) is 51.2 Å². The van der Waals surface area contributed by atoms with E-state index >= 15 is 0 Å². The van der Waals surface area contributed by atoms with Gasteiger partial charge >= 0.3 is 22.2 Å². The van der Waals surface area contributed by atoms with E-state index in [1.165, 1.54) is 31.2 Å². The molecule has 168 valence electrons. The van der Waals surface area contributed by atoms with E-state index in [1.54, 1.807) is 45.0 Å². The van der Waals surface area contributed by atoms with Crippen LogP contribution >= 0.6 is 0 Å². The summed E-state index contributed by atoms with van der Waals surface area (Å²) in [5, 5.41) is 2.54. The molecule has 0 fully saturated rings. The lowest BCUT2D eigenvalue weighted by Crippen LogP contribution is -2.35. The van der Waals surface area contributed by atoms with Crippen molar-refractivity contribution in [1.29, 1.82) is 0 Å². The lowest BCUT2D eigenvalue weighted by atomic mass is 10.1. The van der Waals surface area contributed by atoms with Crippen LogP contribution in [0.1, 0.15) is 44.9 Å². The van der Waals surface area contributed by atoms with Crippen LogP contribution in [0.3, 0.4) is 0 Å². The molecule has 31 heavy (non-hydrogen) atoms. The third-order valence-corrected chi connectivity index (χ3v) is 5.15. The first-order valence-corrected chi connectivity index (χ1v) is 11.0. The van der Waals surface area contributed by atoms with Crippen LogP contribution in [0, 0.1) is 6.92 Å². The third kappa shape index (κ3) is 7.93. The number of hydrogen-bond acceptors (Lipinski definition) is 7. The number of amides is 1. The second-order valence-electron chi connectivity index (χ2n) is 7.90. The summed E-state index contributed by atoms with van der Waals surface area (Å²) in [5.74, 6) is -0.512. The minimum Gasteiger partial charge on any atom is -0.456 e. The molecule has 0 saturated carbocycles. The van der Waals surface area contributed by atoms with Crippen LogP contribution in [0.4, 0.5) is 4.79 Å². The first kappa shape index (κ1) is 24.2. The number of alkyl carbamates (subject to hydrolysis) is 1. The van der Waals surface area contributed by atoms with Gasteiger partial charge in [-0.1, -0.05) is 29.8 Å². The molecule has 8 nitrogen and oxygen atoms in total. The molecule has 2 rings (SSSR count). The molecule has 1 amide bonds. The third-order valence-electron chi connectivity index (χ3n) is 3.88. The van der Waals surface area contributed by atoms with Crippen LogP contribution in [-0.4, -0.2) is 32.6 Å². The zero-order valence-corrected chi connectivity index (χ0v) is 19.0. The zero-order chi connectivity index (χ0) is 23.2. The standard InChI is InChI=1S/C22H27NO7S/c1-15-9-11-19(12-10-15)31(26,27)30-18-8-6-7-17(13-18)20(28-16(2)24)14-23-21(25)29-22(3,4)5/h6-13,20H,14H2,1-5H3,(H,23,25). The first-order chi connectivity index (χ1) is 14.4. The topological polar surface area (TPSA) is 108 Å². The Kier molecular flexibility index (Phi) is 7.67. The van der Waals surface area contributed by atoms with Crippen molar-refractivity contribution in [1.82, 2.24) is 5.32 Å². The number of ether oxygens (including phenoxy) is 2. The molecule has 0 heterocycles. The van der Waals surface area contributed by atoms with Gasteiger partial charge in [-0.3, -0.25) is 4.79 Å². The maximum atomic E-state index is 12.5. The minimum atomic E-state index is -4.04. The van der Waals surface area contributed by atoms with E-state index in [4.69, 9.17) is 13.7 Å². The van der Waals surface area contributed by atoms with E-state index in [0.29, 0.717) is 5.56 Å². The number of esters is 1. The van der Waals surface area contributed by atoms with Crippen LogP contribution < -0.4 is 9.50 Å². The van der Waals surface area contributed by atoms with E-state index < -0.39 is 33.9 Å². The Morgan fingerprint density at radius 2 is 1.71 bits per heavy atom. The molecular formula is C22H27NO7S. The molecule has 0 spiro atoms. The van der Waals surface area contributed by atoms with Crippen molar-refractivity contribution in [3.8, 4) is 5.75 Å². The smallest absolute Gasteiger partial charge is 0.407 e. The fourth-order valence-electron chi connectivity index (χ4n) is 2.56. The van der Waals surface area contributed by atoms with Gasteiger partial charge in [-0.05, 0) is 57.5 Å². The Balaban J connectivity index is 2.19. The second-order valence-corrected chi connectivity index (χ2v) is 9.45. The molecule has 2 aromatic carbocycles. The lowest BCUT2D eigenvalue weighted by Gasteiger charge is -2.22. The van der Waals surface area contributed by atoms with Crippen LogP contribution in [0.2, 0.25) is 0 Å². The Labute approximate surface area is 182 Å². The minimum absolute atomic E-state index is 0.0200. The number of carbonyl (C=O) groups excluding carboxylic acids is 2. The molecule has 0 aromatic heterocycles. The molecule has 0 aliphatic heterocycles. The van der Waals surface area contributed by atoms with Gasteiger partial charge in [0.1, 0.15) is 22.4 Å². The highest BCUT2D eigenvalue weighted by atomic mass is 32.2. The van der Waals surface area contributed by atoms with Crippen molar-refractivity contribution in [3.05, 3.63) is 59.7 Å². The quantitative estimate of drug-likeness (QED) is 0.505. The molecule has 0 saturated heterocycles. The molecular weight excluding hydrogens is 422 g/mol. The van der Waals surface area contributed by atoms with Gasteiger partial charge < -0.3 is 19.0 Å². The fraction of sp³-hybridized carbons (Fsp3) is 0.364. The van der Waals surface area contributed by atoms with Gasteiger partial charge in [-0.25, -0.2) is 4.79 Å². The summed E-state index contributed by atoms with van der Waals surface area (Å²) in [6.07, 6.45) is -1.53. The Morgan fingerprint density at radius 3 is 2.29 bits per heavy atom. The summed E-state index contributed by atoms with van der Waals surface area (Å²) in [6, 6.07) is 12.4. The fourth-order valence-corrected chi connectivity index (χ4v) is 3.49. The van der Waals surface area contributed by atoms with Crippen molar-refractivity contribution in [2.75, 3.05) is 6.54 Å². The number of hydrogen-bond donors (Lipinski definition) is 1. The molecule has 0 bridgehead atoms. The number of rotatable bonds is 7. The van der Waals surface area contributed by atoms with Gasteiger partial charge in [0.15, 0.2) is 0 Å². The summed E-state index contributed by atoms with van der Waals surface area (Å²) < 4.78 is 40.8. The van der Waals surface area contributed by atoms with E-state index in [9.17, 15) is 18.0 Å². The molecule has 9 heteroatoms. The van der Waals surface area contributed by atoms with Crippen molar-refractivity contribution < 1.29 is 31.7 Å². The van der Waals surface area contributed by atoms with Crippen LogP contribution in [0.15, 0.2) is 53.4 Å². The summed E-state index contributed by atoms with van der Waals surface area (Å²) in [6.45, 7) is 8.20. The van der Waals surface area contributed by atoms with Gasteiger partial charge in [0.2, 0.25) is 0 Å². The van der Waals surface area contributed by atoms with Gasteiger partial charge in [0.25, 0.3) is 0 Å². The van der Waals surface area contributed by atoms with Crippen LogP contribution in [0.5, 0.6) is 5.75 Å². The van der Waals surface area contributed by atoms with Crippen molar-refractivity contribution >= 4 is 22.2 Å². The molecule has 1 atom stereocenters. The maximum Gasteiger partial charge on any atom is 0.407 e. The molecule has 1 N–H and O–H groups in total. The maximum absolute atomic E-state index is 12.5. The van der Waals surface area contributed by atoms with Gasteiger partial charge in [0, 0.05) is 6.92 Å². The average molecular weight is 450 g/mol. The van der Waals surface area contributed by atoms with Gasteiger partial charge in [-0.15, -0.1) is 0 Å². The number of nitrogens with one attached hydrogen (secondary N) is 1. The average Bonchev–Trinajstić information content (AvgIpc) is 2.63. The highest BCUT2D eigenvalue weighted by Crippen LogP contribution is 2.25. The second kappa shape index (κ2) is 9.82. The molecule has 0 aliphatic rings. The SMILES string of the molecule is CC(=O)OC(CNC(=O)OC(C)(C)C)c1cccc(OS(=O)(=O)c2ccc(C)cc2)c1. The summed E-state index contributed by atoms with van der Waals surface area (Å²) in [7, 11) is -4.04. The van der Waals surface area contributed by atoms with Crippen molar-refractivity contribution in [2.24, 2.45) is 0 Å². The number of carbonyl (C=O) groups is 2. The van der Waals surface area contributed by atoms with Crippen LogP contribution in [-0.2, 0) is 24.4 Å². The van der Waals surface area contributed by atoms with Gasteiger partial charge in [0.05, 0.1) is 6.54 Å². The summed E-state index contributed by atoms with van der Waals surface area (Å²) >= 11 is 0. The summed E-state index contributed by atoms with van der Waals surface area (Å²) in [4.78, 5) is 23.5. The van der Waals surface area contributed by atoms with Crippen LogP contribution in [0.25, 0.3) is 0 Å². The highest BCUT2D eigenvalue weighted by molar-refractivity contribution is 7.87. The molecule has 0 aliphatic carbocycles. The molecule has 2 aromatic rings. The van der Waals surface area contributed by atoms with E-state index in [0.717, 1.165) is 5.56 Å². The van der Waals surface area contributed by atoms with Crippen molar-refractivity contribution in [3.63, 3.8) is 0 Å². The predicted octanol–water partition coefficient (Wildman–Crippen LogP) is 3.89. The lowest BCUT2D eigenvalue weighted by molar-refractivity contribution is -0.146. The van der Waals surface area contributed by atoms with Gasteiger partial charge in [-0.2, -0.15) is 8.42 Å². The van der Waals surface area contributed by atoms with E-state index in [1.807, 2.05) is 6.92 Å². The molecule has 0 radical (unpaired) electrons. The summed E-state index contributed by atoms with van der Waals surface area (Å²) in [5.41, 5.74) is 0.685. The first-order valence-electron chi connectivity index (χ1n) is 9.61. The Morgan fingerprint density at radius 1 is 1.06 bits per heavy atom. The largest absolute Gasteiger partial charge is 0.456 e. The normalized spacial score (nSPS) is 12.5. The Hall–Kier alpha value is -3.07. The monoisotopic (exact) mass is 449 g/mol. The van der Waals surface area contributed by atoms with E-state index in [-0.39, 0.29) is 17.2 Å². The predicted molar refractivity (Wildman–Crippen MR) is 114 cm³/mol. The highest BCUT2D eigenvalue weighted by Gasteiger charge is 2.22. The number of aryl methyl sites for hydroxylation is 1. The van der Waals surface area contributed by atoms with E-state index in [2.05, 4.69) is 5.32 Å².